The zero-order chi connectivity index (χ0) is 5.98. The smallest absolute Gasteiger partial charge is 0.0188 e. The van der Waals surface area contributed by atoms with Gasteiger partial charge in [-0.05, 0) is 30.9 Å². The zero-order valence-electron chi connectivity index (χ0n) is 5.19. The van der Waals surface area contributed by atoms with Crippen molar-refractivity contribution in [1.82, 2.24) is 0 Å². The van der Waals surface area contributed by atoms with Gasteiger partial charge in [0.05, 0.1) is 0 Å². The summed E-state index contributed by atoms with van der Waals surface area (Å²) < 4.78 is 0. The Bertz CT molecular complexity index is 142. The Morgan fingerprint density at radius 1 is 1.62 bits per heavy atom. The van der Waals surface area contributed by atoms with E-state index >= 15 is 0 Å². The molecule has 0 amide bonds. The maximum absolute atomic E-state index is 3.15. The highest BCUT2D eigenvalue weighted by molar-refractivity contribution is 8.02. The summed E-state index contributed by atoms with van der Waals surface area (Å²) in [7, 11) is 0. The third-order valence-corrected chi connectivity index (χ3v) is 2.18. The van der Waals surface area contributed by atoms with Gasteiger partial charge in [0.25, 0.3) is 0 Å². The summed E-state index contributed by atoms with van der Waals surface area (Å²) in [6.45, 7) is 4.26. The SMILES string of the molecule is CC1=C(C)CSC=[C]1. The number of allylic oxidation sites excluding steroid dienone is 2. The van der Waals surface area contributed by atoms with Gasteiger partial charge in [-0.15, -0.1) is 11.8 Å². The molecule has 0 aliphatic carbocycles. The average Bonchev–Trinajstić information content (AvgIpc) is 1.77. The second-order valence-electron chi connectivity index (χ2n) is 1.98. The maximum atomic E-state index is 3.15. The molecule has 1 heterocycles. The van der Waals surface area contributed by atoms with Crippen molar-refractivity contribution < 1.29 is 0 Å². The molecular weight excluding hydrogens is 116 g/mol. The summed E-state index contributed by atoms with van der Waals surface area (Å²) in [6.07, 6.45) is 3.15. The summed E-state index contributed by atoms with van der Waals surface area (Å²) in [4.78, 5) is 0. The Morgan fingerprint density at radius 2 is 2.38 bits per heavy atom. The summed E-state index contributed by atoms with van der Waals surface area (Å²) >= 11 is 1.81. The molecule has 1 aliphatic heterocycles. The number of rotatable bonds is 0. The molecule has 43 valence electrons. The topological polar surface area (TPSA) is 0 Å². The molecule has 1 radical (unpaired) electrons. The van der Waals surface area contributed by atoms with Crippen LogP contribution in [0.3, 0.4) is 0 Å². The van der Waals surface area contributed by atoms with Crippen LogP contribution in [-0.4, -0.2) is 5.75 Å². The van der Waals surface area contributed by atoms with E-state index in [2.05, 4.69) is 19.9 Å². The highest BCUT2D eigenvalue weighted by Crippen LogP contribution is 2.18. The minimum atomic E-state index is 1.15. The summed E-state index contributed by atoms with van der Waals surface area (Å²) in [5.74, 6) is 1.15. The number of hydrogen-bond donors (Lipinski definition) is 0. The van der Waals surface area contributed by atoms with Crippen LogP contribution in [0.5, 0.6) is 0 Å². The van der Waals surface area contributed by atoms with Crippen LogP contribution < -0.4 is 0 Å². The molecule has 1 aliphatic rings. The van der Waals surface area contributed by atoms with Crippen molar-refractivity contribution in [2.75, 3.05) is 5.75 Å². The first-order chi connectivity index (χ1) is 3.80. The van der Waals surface area contributed by atoms with E-state index in [4.69, 9.17) is 0 Å². The molecule has 0 atom stereocenters. The van der Waals surface area contributed by atoms with Crippen molar-refractivity contribution in [3.05, 3.63) is 22.6 Å². The fourth-order valence-corrected chi connectivity index (χ4v) is 1.34. The lowest BCUT2D eigenvalue weighted by molar-refractivity contribution is 1.28. The first kappa shape index (κ1) is 5.96. The lowest BCUT2D eigenvalue weighted by Crippen LogP contribution is -1.88. The monoisotopic (exact) mass is 125 g/mol. The molecule has 0 fully saturated rings. The fraction of sp³-hybridized carbons (Fsp3) is 0.429. The molecule has 0 spiro atoms. The van der Waals surface area contributed by atoms with Crippen LogP contribution in [0.25, 0.3) is 0 Å². The lowest BCUT2D eigenvalue weighted by atomic mass is 10.2. The summed E-state index contributed by atoms with van der Waals surface area (Å²) in [5.41, 5.74) is 2.77. The quantitative estimate of drug-likeness (QED) is 0.479. The van der Waals surface area contributed by atoms with Crippen LogP contribution in [0.1, 0.15) is 13.8 Å². The molecule has 0 saturated carbocycles. The standard InChI is InChI=1S/C7H9S/c1-6-3-4-8-5-7(6)2/h4H,5H2,1-2H3. The van der Waals surface area contributed by atoms with Crippen LogP contribution in [0.15, 0.2) is 16.6 Å². The predicted octanol–water partition coefficient (Wildman–Crippen LogP) is 2.39. The van der Waals surface area contributed by atoms with Crippen molar-refractivity contribution in [1.29, 1.82) is 0 Å². The van der Waals surface area contributed by atoms with Crippen LogP contribution in [-0.2, 0) is 0 Å². The van der Waals surface area contributed by atoms with E-state index in [1.165, 1.54) is 11.1 Å². The Hall–Kier alpha value is -0.170. The Labute approximate surface area is 54.7 Å². The zero-order valence-corrected chi connectivity index (χ0v) is 6.01. The van der Waals surface area contributed by atoms with E-state index < -0.39 is 0 Å². The normalized spacial score (nSPS) is 19.8. The molecule has 0 aromatic heterocycles. The highest BCUT2D eigenvalue weighted by atomic mass is 32.2. The van der Waals surface area contributed by atoms with Gasteiger partial charge in [0.2, 0.25) is 0 Å². The largest absolute Gasteiger partial charge is 0.129 e. The van der Waals surface area contributed by atoms with Crippen LogP contribution in [0.2, 0.25) is 0 Å². The molecule has 0 N–H and O–H groups in total. The summed E-state index contributed by atoms with van der Waals surface area (Å²) in [5, 5.41) is 2.03. The Morgan fingerprint density at radius 3 is 2.75 bits per heavy atom. The molecule has 8 heavy (non-hydrogen) atoms. The van der Waals surface area contributed by atoms with Crippen molar-refractivity contribution >= 4 is 11.8 Å². The van der Waals surface area contributed by atoms with Gasteiger partial charge < -0.3 is 0 Å². The van der Waals surface area contributed by atoms with Crippen LogP contribution in [0, 0.1) is 6.08 Å². The predicted molar refractivity (Wildman–Crippen MR) is 38.6 cm³/mol. The van der Waals surface area contributed by atoms with Gasteiger partial charge in [-0.3, -0.25) is 0 Å². The van der Waals surface area contributed by atoms with Crippen molar-refractivity contribution in [2.45, 2.75) is 13.8 Å². The second kappa shape index (κ2) is 2.40. The lowest BCUT2D eigenvalue weighted by Gasteiger charge is -2.05. The molecule has 0 saturated heterocycles. The molecule has 0 aromatic rings. The molecule has 0 nitrogen and oxygen atoms in total. The van der Waals surface area contributed by atoms with E-state index in [0.717, 1.165) is 5.75 Å². The maximum Gasteiger partial charge on any atom is 0.0188 e. The van der Waals surface area contributed by atoms with Crippen molar-refractivity contribution in [2.24, 2.45) is 0 Å². The van der Waals surface area contributed by atoms with Gasteiger partial charge >= 0.3 is 0 Å². The molecular formula is C7H9S. The third-order valence-electron chi connectivity index (χ3n) is 1.30. The van der Waals surface area contributed by atoms with Crippen molar-refractivity contribution in [3.8, 4) is 0 Å². The molecule has 1 rings (SSSR count). The third kappa shape index (κ3) is 1.16. The molecule has 0 bridgehead atoms. The Balaban J connectivity index is 2.76. The molecule has 0 aromatic carbocycles. The van der Waals surface area contributed by atoms with Gasteiger partial charge in [-0.2, -0.15) is 0 Å². The average molecular weight is 125 g/mol. The number of hydrogen-bond acceptors (Lipinski definition) is 1. The van der Waals surface area contributed by atoms with Crippen LogP contribution in [0.4, 0.5) is 0 Å². The van der Waals surface area contributed by atoms with Gasteiger partial charge in [-0.25, -0.2) is 0 Å². The van der Waals surface area contributed by atoms with Gasteiger partial charge in [0, 0.05) is 5.75 Å². The summed E-state index contributed by atoms with van der Waals surface area (Å²) in [6, 6.07) is 0. The van der Waals surface area contributed by atoms with E-state index in [0.29, 0.717) is 0 Å². The van der Waals surface area contributed by atoms with Crippen LogP contribution >= 0.6 is 11.8 Å². The number of thioether (sulfide) groups is 1. The highest BCUT2D eigenvalue weighted by Gasteiger charge is 1.97. The van der Waals surface area contributed by atoms with Gasteiger partial charge in [0.15, 0.2) is 0 Å². The second-order valence-corrected chi connectivity index (χ2v) is 2.84. The molecule has 0 unspecified atom stereocenters. The Kier molecular flexibility index (Phi) is 1.79. The fourth-order valence-electron chi connectivity index (χ4n) is 0.528. The van der Waals surface area contributed by atoms with Crippen molar-refractivity contribution in [3.63, 3.8) is 0 Å². The minimum Gasteiger partial charge on any atom is -0.129 e. The van der Waals surface area contributed by atoms with Gasteiger partial charge in [-0.1, -0.05) is 5.57 Å². The van der Waals surface area contributed by atoms with E-state index in [-0.39, 0.29) is 0 Å². The molecule has 1 heteroatoms. The van der Waals surface area contributed by atoms with E-state index in [9.17, 15) is 0 Å². The van der Waals surface area contributed by atoms with Gasteiger partial charge in [0.1, 0.15) is 0 Å². The first-order valence-corrected chi connectivity index (χ1v) is 3.72. The first-order valence-electron chi connectivity index (χ1n) is 2.67. The van der Waals surface area contributed by atoms with E-state index in [1.807, 2.05) is 17.2 Å². The minimum absolute atomic E-state index is 1.15. The van der Waals surface area contributed by atoms with E-state index in [1.54, 1.807) is 0 Å².